The predicted octanol–water partition coefficient (Wildman–Crippen LogP) is 2.16. The number of carbonyl (C=O) groups excluding carboxylic acids is 2. The van der Waals surface area contributed by atoms with Crippen LogP contribution in [0.3, 0.4) is 0 Å². The van der Waals surface area contributed by atoms with E-state index in [4.69, 9.17) is 9.47 Å². The molecule has 2 aliphatic rings. The minimum atomic E-state index is -0.749. The molecule has 1 N–H and O–H groups in total. The number of nitrogens with one attached hydrogen (secondary N) is 1. The maximum atomic E-state index is 12.5. The molecule has 3 rings (SSSR count). The van der Waals surface area contributed by atoms with E-state index in [1.165, 1.54) is 0 Å². The van der Waals surface area contributed by atoms with Gasteiger partial charge in [-0.3, -0.25) is 9.59 Å². The Morgan fingerprint density at radius 1 is 1.45 bits per heavy atom. The Bertz CT molecular complexity index is 575. The molecule has 2 unspecified atom stereocenters. The van der Waals surface area contributed by atoms with Crippen LogP contribution in [-0.2, 0) is 9.53 Å². The summed E-state index contributed by atoms with van der Waals surface area (Å²) in [4.78, 5) is 24.1. The van der Waals surface area contributed by atoms with E-state index in [0.717, 1.165) is 12.8 Å². The van der Waals surface area contributed by atoms with Crippen LogP contribution in [0.4, 0.5) is 5.69 Å². The van der Waals surface area contributed by atoms with Gasteiger partial charge < -0.3 is 14.8 Å². The molecule has 5 nitrogen and oxygen atoms in total. The highest BCUT2D eigenvalue weighted by molar-refractivity contribution is 6.05. The molecular formula is C15H17NO4. The average molecular weight is 275 g/mol. The quantitative estimate of drug-likeness (QED) is 0.840. The zero-order valence-electron chi connectivity index (χ0n) is 11.6. The Balaban J connectivity index is 1.91. The average Bonchev–Trinajstić information content (AvgIpc) is 2.87. The molecule has 1 aromatic rings. The van der Waals surface area contributed by atoms with Gasteiger partial charge in [-0.05, 0) is 44.9 Å². The lowest BCUT2D eigenvalue weighted by molar-refractivity contribution is -0.122. The molecule has 0 aliphatic carbocycles. The molecule has 0 radical (unpaired) electrons. The smallest absolute Gasteiger partial charge is 0.265 e. The molecule has 2 aliphatic heterocycles. The van der Waals surface area contributed by atoms with Gasteiger partial charge in [-0.25, -0.2) is 0 Å². The van der Waals surface area contributed by atoms with E-state index in [0.29, 0.717) is 23.6 Å². The minimum Gasteiger partial charge on any atom is -0.479 e. The minimum absolute atomic E-state index is 0.0503. The number of ether oxygens (including phenoxy) is 2. The SMILES string of the molecule is CC1Oc2ccc(C(=O)C3(C)CCCO3)cc2NC1=O. The van der Waals surface area contributed by atoms with Gasteiger partial charge in [0.25, 0.3) is 5.91 Å². The predicted molar refractivity (Wildman–Crippen MR) is 73.1 cm³/mol. The fourth-order valence-electron chi connectivity index (χ4n) is 2.61. The van der Waals surface area contributed by atoms with Gasteiger partial charge in [0, 0.05) is 12.2 Å². The monoisotopic (exact) mass is 275 g/mol. The van der Waals surface area contributed by atoms with Crippen LogP contribution in [-0.4, -0.2) is 30.0 Å². The van der Waals surface area contributed by atoms with E-state index in [-0.39, 0.29) is 11.7 Å². The first-order valence-corrected chi connectivity index (χ1v) is 6.80. The Kier molecular flexibility index (Phi) is 3.01. The highest BCUT2D eigenvalue weighted by Crippen LogP contribution is 2.34. The number of Topliss-reactive ketones (excluding diaryl/α,β-unsaturated/α-hetero) is 1. The van der Waals surface area contributed by atoms with Gasteiger partial charge in [0.05, 0.1) is 5.69 Å². The van der Waals surface area contributed by atoms with E-state index >= 15 is 0 Å². The fourth-order valence-corrected chi connectivity index (χ4v) is 2.61. The van der Waals surface area contributed by atoms with Crippen LogP contribution >= 0.6 is 0 Å². The van der Waals surface area contributed by atoms with Crippen LogP contribution in [0.25, 0.3) is 0 Å². The first-order valence-electron chi connectivity index (χ1n) is 6.80. The molecular weight excluding hydrogens is 258 g/mol. The number of amides is 1. The third-order valence-electron chi connectivity index (χ3n) is 3.87. The molecule has 1 aromatic carbocycles. The largest absolute Gasteiger partial charge is 0.479 e. The summed E-state index contributed by atoms with van der Waals surface area (Å²) in [6.45, 7) is 4.12. The topological polar surface area (TPSA) is 64.6 Å². The maximum absolute atomic E-state index is 12.5. The van der Waals surface area contributed by atoms with Gasteiger partial charge in [-0.2, -0.15) is 0 Å². The van der Waals surface area contributed by atoms with E-state index in [2.05, 4.69) is 5.32 Å². The lowest BCUT2D eigenvalue weighted by atomic mass is 9.91. The van der Waals surface area contributed by atoms with Gasteiger partial charge in [0.1, 0.15) is 11.4 Å². The highest BCUT2D eigenvalue weighted by Gasteiger charge is 2.38. The molecule has 0 spiro atoms. The third-order valence-corrected chi connectivity index (χ3v) is 3.87. The molecule has 0 aromatic heterocycles. The second-order valence-electron chi connectivity index (χ2n) is 5.47. The fraction of sp³-hybridized carbons (Fsp3) is 0.467. The Hall–Kier alpha value is -1.88. The van der Waals surface area contributed by atoms with Crippen molar-refractivity contribution in [2.24, 2.45) is 0 Å². The molecule has 1 amide bonds. The first kappa shape index (κ1) is 13.1. The summed E-state index contributed by atoms with van der Waals surface area (Å²) in [7, 11) is 0. The van der Waals surface area contributed by atoms with Crippen LogP contribution in [0.2, 0.25) is 0 Å². The second kappa shape index (κ2) is 4.59. The van der Waals surface area contributed by atoms with Crippen molar-refractivity contribution in [2.45, 2.75) is 38.4 Å². The number of ketones is 1. The van der Waals surface area contributed by atoms with Crippen molar-refractivity contribution < 1.29 is 19.1 Å². The molecule has 1 saturated heterocycles. The number of carbonyl (C=O) groups is 2. The number of rotatable bonds is 2. The van der Waals surface area contributed by atoms with E-state index < -0.39 is 11.7 Å². The molecule has 0 bridgehead atoms. The number of hydrogen-bond donors (Lipinski definition) is 1. The molecule has 106 valence electrons. The van der Waals surface area contributed by atoms with E-state index in [1.807, 2.05) is 6.92 Å². The lowest BCUT2D eigenvalue weighted by Crippen LogP contribution is -2.36. The molecule has 2 atom stereocenters. The number of anilines is 1. The van der Waals surface area contributed by atoms with E-state index in [1.54, 1.807) is 25.1 Å². The summed E-state index contributed by atoms with van der Waals surface area (Å²) in [6.07, 6.45) is 1.10. The first-order chi connectivity index (χ1) is 9.49. The van der Waals surface area contributed by atoms with Crippen molar-refractivity contribution in [3.8, 4) is 5.75 Å². The summed E-state index contributed by atoms with van der Waals surface area (Å²) >= 11 is 0. The van der Waals surface area contributed by atoms with Crippen LogP contribution in [0.5, 0.6) is 5.75 Å². The number of benzene rings is 1. The van der Waals surface area contributed by atoms with Crippen LogP contribution in [0.15, 0.2) is 18.2 Å². The zero-order valence-corrected chi connectivity index (χ0v) is 11.6. The van der Waals surface area contributed by atoms with Crippen LogP contribution in [0.1, 0.15) is 37.0 Å². The van der Waals surface area contributed by atoms with Gasteiger partial charge in [0.15, 0.2) is 11.9 Å². The standard InChI is InChI=1S/C15H17NO4/c1-9-14(18)16-11-8-10(4-5-12(11)20-9)13(17)15(2)6-3-7-19-15/h4-5,8-9H,3,6-7H2,1-2H3,(H,16,18). The number of hydrogen-bond acceptors (Lipinski definition) is 4. The van der Waals surface area contributed by atoms with Crippen molar-refractivity contribution in [1.29, 1.82) is 0 Å². The van der Waals surface area contributed by atoms with Gasteiger partial charge >= 0.3 is 0 Å². The Morgan fingerprint density at radius 3 is 2.95 bits per heavy atom. The molecule has 5 heteroatoms. The van der Waals surface area contributed by atoms with E-state index in [9.17, 15) is 9.59 Å². The third kappa shape index (κ3) is 2.08. The molecule has 0 saturated carbocycles. The lowest BCUT2D eigenvalue weighted by Gasteiger charge is -2.25. The summed E-state index contributed by atoms with van der Waals surface area (Å²) in [5, 5.41) is 2.75. The second-order valence-corrected chi connectivity index (χ2v) is 5.47. The Labute approximate surface area is 117 Å². The number of fused-ring (bicyclic) bond motifs is 1. The normalized spacial score (nSPS) is 28.5. The highest BCUT2D eigenvalue weighted by atomic mass is 16.5. The zero-order chi connectivity index (χ0) is 14.3. The van der Waals surface area contributed by atoms with Crippen molar-refractivity contribution in [3.05, 3.63) is 23.8 Å². The molecule has 1 fully saturated rings. The molecule has 2 heterocycles. The summed E-state index contributed by atoms with van der Waals surface area (Å²) in [5.74, 6) is 0.335. The van der Waals surface area contributed by atoms with Crippen molar-refractivity contribution in [1.82, 2.24) is 0 Å². The van der Waals surface area contributed by atoms with Gasteiger partial charge in [-0.1, -0.05) is 0 Å². The van der Waals surface area contributed by atoms with Gasteiger partial charge in [-0.15, -0.1) is 0 Å². The van der Waals surface area contributed by atoms with Crippen molar-refractivity contribution in [2.75, 3.05) is 11.9 Å². The Morgan fingerprint density at radius 2 is 2.25 bits per heavy atom. The van der Waals surface area contributed by atoms with Gasteiger partial charge in [0.2, 0.25) is 0 Å². The van der Waals surface area contributed by atoms with Crippen molar-refractivity contribution in [3.63, 3.8) is 0 Å². The van der Waals surface area contributed by atoms with Crippen molar-refractivity contribution >= 4 is 17.4 Å². The summed E-state index contributed by atoms with van der Waals surface area (Å²) < 4.78 is 11.0. The maximum Gasteiger partial charge on any atom is 0.265 e. The molecule has 20 heavy (non-hydrogen) atoms. The van der Waals surface area contributed by atoms with Crippen LogP contribution < -0.4 is 10.1 Å². The van der Waals surface area contributed by atoms with Crippen LogP contribution in [0, 0.1) is 0 Å². The summed E-state index contributed by atoms with van der Waals surface area (Å²) in [6, 6.07) is 5.10. The summed E-state index contributed by atoms with van der Waals surface area (Å²) in [5.41, 5.74) is 0.327.